The summed E-state index contributed by atoms with van der Waals surface area (Å²) < 4.78 is 0. The molecule has 0 spiro atoms. The van der Waals surface area contributed by atoms with Gasteiger partial charge in [0, 0.05) is 0 Å². The zero-order valence-electron chi connectivity index (χ0n) is 4.18. The Hall–Kier alpha value is -0.0800. The van der Waals surface area contributed by atoms with E-state index in [1.807, 2.05) is 0 Å². The molecule has 0 atom stereocenters. The van der Waals surface area contributed by atoms with E-state index in [0.29, 0.717) is 0 Å². The van der Waals surface area contributed by atoms with Crippen molar-refractivity contribution in [3.63, 3.8) is 0 Å². The van der Waals surface area contributed by atoms with Gasteiger partial charge in [-0.25, -0.2) is 4.89 Å². The minimum absolute atomic E-state index is 0.847. The van der Waals surface area contributed by atoms with Crippen molar-refractivity contribution in [1.82, 2.24) is 0 Å². The van der Waals surface area contributed by atoms with Crippen molar-refractivity contribution < 1.29 is 10.1 Å². The second-order valence-electron chi connectivity index (χ2n) is 1.84. The second kappa shape index (κ2) is 2.28. The predicted octanol–water partition coefficient (Wildman–Crippen LogP) is 1.58. The maximum Gasteiger partial charge on any atom is 0.135 e. The summed E-state index contributed by atoms with van der Waals surface area (Å²) in [6.07, 6.45) is 5.11. The average molecular weight is 101 g/mol. The van der Waals surface area contributed by atoms with Gasteiger partial charge in [-0.05, 0) is 12.8 Å². The van der Waals surface area contributed by atoms with E-state index < -0.39 is 0 Å². The van der Waals surface area contributed by atoms with E-state index in [9.17, 15) is 0 Å². The summed E-state index contributed by atoms with van der Waals surface area (Å²) in [4.78, 5) is 4.03. The molecule has 1 aliphatic rings. The van der Waals surface area contributed by atoms with Crippen LogP contribution >= 0.6 is 0 Å². The zero-order valence-corrected chi connectivity index (χ0v) is 4.18. The van der Waals surface area contributed by atoms with Gasteiger partial charge in [0.15, 0.2) is 0 Å². The molecule has 1 saturated carbocycles. The van der Waals surface area contributed by atoms with E-state index in [0.717, 1.165) is 18.9 Å². The van der Waals surface area contributed by atoms with Crippen LogP contribution in [-0.4, -0.2) is 5.26 Å². The van der Waals surface area contributed by atoms with Crippen LogP contribution in [0.25, 0.3) is 0 Å². The third-order valence-corrected chi connectivity index (χ3v) is 1.29. The quantitative estimate of drug-likeness (QED) is 0.401. The lowest BCUT2D eigenvalue weighted by atomic mass is 10.3. The van der Waals surface area contributed by atoms with Gasteiger partial charge >= 0.3 is 0 Å². The highest BCUT2D eigenvalue weighted by molar-refractivity contribution is 4.82. The van der Waals surface area contributed by atoms with Gasteiger partial charge in [-0.2, -0.15) is 0 Å². The highest BCUT2D eigenvalue weighted by atomic mass is 17.1. The predicted molar refractivity (Wildman–Crippen MR) is 25.4 cm³/mol. The fourth-order valence-corrected chi connectivity index (χ4v) is 0.861. The van der Waals surface area contributed by atoms with Crippen molar-refractivity contribution in [3.8, 4) is 0 Å². The van der Waals surface area contributed by atoms with Crippen LogP contribution in [0.15, 0.2) is 0 Å². The maximum atomic E-state index is 8.03. The minimum Gasteiger partial charge on any atom is -0.251 e. The van der Waals surface area contributed by atoms with E-state index >= 15 is 0 Å². The first-order chi connectivity index (χ1) is 3.43. The summed E-state index contributed by atoms with van der Waals surface area (Å²) in [5.74, 6) is 0. The largest absolute Gasteiger partial charge is 0.251 e. The lowest BCUT2D eigenvalue weighted by Gasteiger charge is -1.97. The highest BCUT2D eigenvalue weighted by Crippen LogP contribution is 2.26. The van der Waals surface area contributed by atoms with E-state index in [2.05, 4.69) is 4.89 Å². The zero-order chi connectivity index (χ0) is 5.11. The summed E-state index contributed by atoms with van der Waals surface area (Å²) in [7, 11) is 0. The van der Waals surface area contributed by atoms with Crippen LogP contribution in [-0.2, 0) is 4.89 Å². The topological polar surface area (TPSA) is 29.5 Å². The molecule has 2 heteroatoms. The molecular formula is C5H9O2. The molecule has 1 radical (unpaired) electrons. The van der Waals surface area contributed by atoms with Crippen LogP contribution in [0.5, 0.6) is 0 Å². The molecule has 1 N–H and O–H groups in total. The van der Waals surface area contributed by atoms with Crippen molar-refractivity contribution in [2.75, 3.05) is 0 Å². The van der Waals surface area contributed by atoms with E-state index in [-0.39, 0.29) is 0 Å². The third-order valence-electron chi connectivity index (χ3n) is 1.29. The van der Waals surface area contributed by atoms with Gasteiger partial charge < -0.3 is 0 Å². The Morgan fingerprint density at radius 2 is 1.86 bits per heavy atom. The maximum absolute atomic E-state index is 8.03. The van der Waals surface area contributed by atoms with Gasteiger partial charge in [0.2, 0.25) is 0 Å². The van der Waals surface area contributed by atoms with Crippen LogP contribution in [0, 0.1) is 6.10 Å². The molecule has 41 valence electrons. The van der Waals surface area contributed by atoms with E-state index in [1.165, 1.54) is 12.8 Å². The molecule has 1 aliphatic carbocycles. The molecule has 7 heavy (non-hydrogen) atoms. The molecular weight excluding hydrogens is 92.1 g/mol. The standard InChI is InChI=1S/C5H9O2/c6-7-5-3-1-2-4-5/h6H,1-4H2. The fraction of sp³-hybridized carbons (Fsp3) is 0.800. The Bertz CT molecular complexity index is 48.0. The summed E-state index contributed by atoms with van der Waals surface area (Å²) in [5, 5.41) is 8.03. The second-order valence-corrected chi connectivity index (χ2v) is 1.84. The van der Waals surface area contributed by atoms with Crippen molar-refractivity contribution in [2.45, 2.75) is 25.7 Å². The van der Waals surface area contributed by atoms with E-state index in [1.54, 1.807) is 0 Å². The molecule has 0 aromatic rings. The minimum atomic E-state index is 0.847. The van der Waals surface area contributed by atoms with Crippen LogP contribution < -0.4 is 0 Å². The smallest absolute Gasteiger partial charge is 0.135 e. The SMILES string of the molecule is OO[C]1CCCC1. The molecule has 0 amide bonds. The summed E-state index contributed by atoms with van der Waals surface area (Å²) in [6, 6.07) is 0. The lowest BCUT2D eigenvalue weighted by molar-refractivity contribution is -0.234. The van der Waals surface area contributed by atoms with Crippen molar-refractivity contribution in [1.29, 1.82) is 0 Å². The Morgan fingerprint density at radius 3 is 2.14 bits per heavy atom. The van der Waals surface area contributed by atoms with Crippen molar-refractivity contribution >= 4 is 0 Å². The van der Waals surface area contributed by atoms with Gasteiger partial charge in [-0.3, -0.25) is 5.26 Å². The third kappa shape index (κ3) is 1.14. The summed E-state index contributed by atoms with van der Waals surface area (Å²) in [5.41, 5.74) is 0. The monoisotopic (exact) mass is 101 g/mol. The Morgan fingerprint density at radius 1 is 1.29 bits per heavy atom. The summed E-state index contributed by atoms with van der Waals surface area (Å²) >= 11 is 0. The molecule has 0 bridgehead atoms. The first-order valence-electron chi connectivity index (χ1n) is 2.59. The Labute approximate surface area is 43.0 Å². The van der Waals surface area contributed by atoms with Crippen LogP contribution in [0.2, 0.25) is 0 Å². The first kappa shape index (κ1) is 5.06. The molecule has 0 aromatic heterocycles. The molecule has 1 rings (SSSR count). The number of hydrogen-bond donors (Lipinski definition) is 1. The van der Waals surface area contributed by atoms with Crippen molar-refractivity contribution in [3.05, 3.63) is 6.10 Å². The van der Waals surface area contributed by atoms with Crippen LogP contribution in [0.1, 0.15) is 25.7 Å². The van der Waals surface area contributed by atoms with Gasteiger partial charge in [0.1, 0.15) is 6.10 Å². The molecule has 0 unspecified atom stereocenters. The average Bonchev–Trinajstić information content (AvgIpc) is 2.14. The molecule has 1 fully saturated rings. The normalized spacial score (nSPS) is 23.6. The molecule has 0 aromatic carbocycles. The fourth-order valence-electron chi connectivity index (χ4n) is 0.861. The molecule has 2 nitrogen and oxygen atoms in total. The molecule has 0 heterocycles. The summed E-state index contributed by atoms with van der Waals surface area (Å²) in [6.45, 7) is 0. The number of hydrogen-bond acceptors (Lipinski definition) is 2. The molecule has 0 aliphatic heterocycles. The Balaban J connectivity index is 2.14. The molecule has 0 saturated heterocycles. The van der Waals surface area contributed by atoms with Crippen LogP contribution in [0.4, 0.5) is 0 Å². The van der Waals surface area contributed by atoms with Gasteiger partial charge in [-0.15, -0.1) is 0 Å². The number of rotatable bonds is 1. The van der Waals surface area contributed by atoms with Crippen LogP contribution in [0.3, 0.4) is 0 Å². The van der Waals surface area contributed by atoms with Gasteiger partial charge in [-0.1, -0.05) is 12.8 Å². The first-order valence-corrected chi connectivity index (χ1v) is 2.59. The lowest BCUT2D eigenvalue weighted by Crippen LogP contribution is -1.90. The van der Waals surface area contributed by atoms with Crippen molar-refractivity contribution in [2.24, 2.45) is 0 Å². The van der Waals surface area contributed by atoms with Gasteiger partial charge in [0.05, 0.1) is 0 Å². The van der Waals surface area contributed by atoms with Gasteiger partial charge in [0.25, 0.3) is 0 Å². The van der Waals surface area contributed by atoms with E-state index in [4.69, 9.17) is 5.26 Å². The Kier molecular flexibility index (Phi) is 1.65. The highest BCUT2D eigenvalue weighted by Gasteiger charge is 2.15.